The third-order valence-corrected chi connectivity index (χ3v) is 6.86. The van der Waals surface area contributed by atoms with E-state index in [1.165, 1.54) is 16.6 Å². The highest BCUT2D eigenvalue weighted by Gasteiger charge is 2.31. The van der Waals surface area contributed by atoms with E-state index in [0.717, 1.165) is 45.3 Å². The number of nitrogens with zero attached hydrogens (tertiary/aromatic N) is 2. The molecule has 2 saturated heterocycles. The highest BCUT2D eigenvalue weighted by molar-refractivity contribution is 7.89. The number of likely N-dealkylation sites (tertiary alicyclic amines) is 1. The summed E-state index contributed by atoms with van der Waals surface area (Å²) >= 11 is 0. The Labute approximate surface area is 155 Å². The van der Waals surface area contributed by atoms with Crippen LogP contribution in [0.4, 0.5) is 0 Å². The Hall–Kier alpha value is -1.09. The monoisotopic (exact) mass is 390 g/mol. The van der Waals surface area contributed by atoms with Crippen molar-refractivity contribution in [3.63, 3.8) is 0 Å². The van der Waals surface area contributed by atoms with Gasteiger partial charge in [-0.3, -0.25) is 4.79 Å². The van der Waals surface area contributed by atoms with E-state index in [2.05, 4.69) is 10.3 Å². The first-order valence-electron chi connectivity index (χ1n) is 8.65. The zero-order valence-electron chi connectivity index (χ0n) is 14.5. The SMILES string of the molecule is CNCC1CCN(S(=O)(=O)c2c[nH]c(C(=O)N3CCCC3)c2)CC1.Cl. The summed E-state index contributed by atoms with van der Waals surface area (Å²) in [7, 11) is -1.61. The van der Waals surface area contributed by atoms with E-state index >= 15 is 0 Å². The molecule has 9 heteroatoms. The van der Waals surface area contributed by atoms with Crippen LogP contribution in [0.1, 0.15) is 36.2 Å². The molecule has 0 saturated carbocycles. The minimum absolute atomic E-state index is 0. The van der Waals surface area contributed by atoms with Crippen LogP contribution in [0.15, 0.2) is 17.2 Å². The number of amides is 1. The number of halogens is 1. The quantitative estimate of drug-likeness (QED) is 0.793. The van der Waals surface area contributed by atoms with Crippen LogP contribution in [0.2, 0.25) is 0 Å². The first-order chi connectivity index (χ1) is 11.5. The van der Waals surface area contributed by atoms with E-state index in [4.69, 9.17) is 0 Å². The van der Waals surface area contributed by atoms with Gasteiger partial charge in [-0.15, -0.1) is 12.4 Å². The lowest BCUT2D eigenvalue weighted by Gasteiger charge is -2.30. The van der Waals surface area contributed by atoms with Crippen LogP contribution in [-0.4, -0.2) is 68.3 Å². The summed E-state index contributed by atoms with van der Waals surface area (Å²) in [5.41, 5.74) is 0.362. The Bertz CT molecular complexity index is 677. The van der Waals surface area contributed by atoms with Crippen LogP contribution in [0.3, 0.4) is 0 Å². The lowest BCUT2D eigenvalue weighted by molar-refractivity contribution is 0.0787. The van der Waals surface area contributed by atoms with Crippen LogP contribution >= 0.6 is 12.4 Å². The number of piperidine rings is 1. The number of aromatic amines is 1. The molecule has 0 bridgehead atoms. The second kappa shape index (κ2) is 8.53. The second-order valence-electron chi connectivity index (χ2n) is 6.65. The Morgan fingerprint density at radius 3 is 2.48 bits per heavy atom. The van der Waals surface area contributed by atoms with Gasteiger partial charge in [0.15, 0.2) is 0 Å². The van der Waals surface area contributed by atoms with Gasteiger partial charge in [-0.1, -0.05) is 0 Å². The van der Waals surface area contributed by atoms with Crippen LogP contribution in [0.25, 0.3) is 0 Å². The Kier molecular flexibility index (Phi) is 6.90. The molecule has 0 radical (unpaired) electrons. The van der Waals surface area contributed by atoms with Crippen molar-refractivity contribution in [1.29, 1.82) is 0 Å². The fourth-order valence-electron chi connectivity index (χ4n) is 3.53. The number of sulfonamides is 1. The van der Waals surface area contributed by atoms with Crippen LogP contribution in [-0.2, 0) is 10.0 Å². The summed E-state index contributed by atoms with van der Waals surface area (Å²) < 4.78 is 27.1. The minimum atomic E-state index is -3.53. The van der Waals surface area contributed by atoms with Crippen LogP contribution in [0, 0.1) is 5.92 Å². The third kappa shape index (κ3) is 4.36. The number of H-pyrrole nitrogens is 1. The van der Waals surface area contributed by atoms with Crippen molar-refractivity contribution in [2.45, 2.75) is 30.6 Å². The molecule has 3 rings (SSSR count). The number of carbonyl (C=O) groups is 1. The molecule has 0 aliphatic carbocycles. The van der Waals surface area contributed by atoms with Gasteiger partial charge in [-0.25, -0.2) is 8.42 Å². The van der Waals surface area contributed by atoms with E-state index in [1.54, 1.807) is 4.90 Å². The van der Waals surface area contributed by atoms with E-state index in [1.807, 2.05) is 7.05 Å². The van der Waals surface area contributed by atoms with Gasteiger partial charge in [0.25, 0.3) is 5.91 Å². The molecule has 2 fully saturated rings. The summed E-state index contributed by atoms with van der Waals surface area (Å²) in [4.78, 5) is 17.2. The van der Waals surface area contributed by atoms with Crippen molar-refractivity contribution >= 4 is 28.3 Å². The first kappa shape index (κ1) is 20.2. The summed E-state index contributed by atoms with van der Waals surface area (Å²) in [6, 6.07) is 1.48. The molecule has 0 aromatic carbocycles. The topological polar surface area (TPSA) is 85.5 Å². The van der Waals surface area contributed by atoms with Crippen molar-refractivity contribution in [3.8, 4) is 0 Å². The summed E-state index contributed by atoms with van der Waals surface area (Å²) in [6.07, 6.45) is 5.20. The van der Waals surface area contributed by atoms with Crippen molar-refractivity contribution in [3.05, 3.63) is 18.0 Å². The molecule has 1 amide bonds. The Morgan fingerprint density at radius 1 is 1.24 bits per heavy atom. The molecule has 1 aromatic heterocycles. The average Bonchev–Trinajstić information content (AvgIpc) is 3.27. The lowest BCUT2D eigenvalue weighted by atomic mass is 9.98. The van der Waals surface area contributed by atoms with Gasteiger partial charge >= 0.3 is 0 Å². The average molecular weight is 391 g/mol. The summed E-state index contributed by atoms with van der Waals surface area (Å²) in [6.45, 7) is 3.49. The van der Waals surface area contributed by atoms with Crippen molar-refractivity contribution in [2.75, 3.05) is 39.8 Å². The maximum atomic E-state index is 12.8. The number of nitrogens with one attached hydrogen (secondary N) is 2. The molecule has 0 unspecified atom stereocenters. The highest BCUT2D eigenvalue weighted by atomic mass is 35.5. The fraction of sp³-hybridized carbons (Fsp3) is 0.688. The molecule has 0 atom stereocenters. The largest absolute Gasteiger partial charge is 0.356 e. The Balaban J connectivity index is 0.00000225. The van der Waals surface area contributed by atoms with Gasteiger partial charge in [0.2, 0.25) is 10.0 Å². The molecular formula is C16H27ClN4O3S. The number of carbonyl (C=O) groups excluding carboxylic acids is 1. The van der Waals surface area contributed by atoms with Gasteiger partial charge < -0.3 is 15.2 Å². The lowest BCUT2D eigenvalue weighted by Crippen LogP contribution is -2.40. The molecule has 7 nitrogen and oxygen atoms in total. The van der Waals surface area contributed by atoms with Gasteiger partial charge in [0.05, 0.1) is 0 Å². The van der Waals surface area contributed by atoms with Crippen LogP contribution < -0.4 is 5.32 Å². The minimum Gasteiger partial charge on any atom is -0.356 e. The van der Waals surface area contributed by atoms with E-state index in [-0.39, 0.29) is 23.2 Å². The molecular weight excluding hydrogens is 364 g/mol. The van der Waals surface area contributed by atoms with Crippen LogP contribution in [0.5, 0.6) is 0 Å². The maximum Gasteiger partial charge on any atom is 0.270 e. The molecule has 1 aromatic rings. The molecule has 25 heavy (non-hydrogen) atoms. The number of aromatic nitrogens is 1. The van der Waals surface area contributed by atoms with Gasteiger partial charge in [0.1, 0.15) is 10.6 Å². The van der Waals surface area contributed by atoms with Crippen molar-refractivity contribution < 1.29 is 13.2 Å². The summed E-state index contributed by atoms with van der Waals surface area (Å²) in [5, 5.41) is 3.15. The molecule has 2 aliphatic heterocycles. The van der Waals surface area contributed by atoms with Gasteiger partial charge in [-0.05, 0) is 51.3 Å². The van der Waals surface area contributed by atoms with E-state index in [9.17, 15) is 13.2 Å². The number of hydrogen-bond donors (Lipinski definition) is 2. The molecule has 2 N–H and O–H groups in total. The predicted octanol–water partition coefficient (Wildman–Crippen LogP) is 1.29. The molecule has 3 heterocycles. The fourth-order valence-corrected chi connectivity index (χ4v) is 4.99. The van der Waals surface area contributed by atoms with Crippen molar-refractivity contribution in [2.24, 2.45) is 5.92 Å². The molecule has 0 spiro atoms. The Morgan fingerprint density at radius 2 is 1.88 bits per heavy atom. The summed E-state index contributed by atoms with van der Waals surface area (Å²) in [5.74, 6) is 0.418. The van der Waals surface area contributed by atoms with Gasteiger partial charge in [0, 0.05) is 32.4 Å². The molecule has 142 valence electrons. The second-order valence-corrected chi connectivity index (χ2v) is 8.59. The van der Waals surface area contributed by atoms with Crippen molar-refractivity contribution in [1.82, 2.24) is 19.5 Å². The van der Waals surface area contributed by atoms with E-state index in [0.29, 0.717) is 24.7 Å². The predicted molar refractivity (Wildman–Crippen MR) is 98.6 cm³/mol. The normalized spacial score (nSPS) is 19.8. The third-order valence-electron chi connectivity index (χ3n) is 4.98. The standard InChI is InChI=1S/C16H26N4O3S.ClH/c1-17-11-13-4-8-20(9-5-13)24(22,23)14-10-15(18-12-14)16(21)19-6-2-3-7-19;/h10,12-13,17-18H,2-9,11H2,1H3;1H. The number of rotatable bonds is 5. The smallest absolute Gasteiger partial charge is 0.270 e. The zero-order chi connectivity index (χ0) is 17.2. The molecule has 2 aliphatic rings. The first-order valence-corrected chi connectivity index (χ1v) is 10.1. The number of hydrogen-bond acceptors (Lipinski definition) is 4. The highest BCUT2D eigenvalue weighted by Crippen LogP contribution is 2.24. The van der Waals surface area contributed by atoms with Gasteiger partial charge in [-0.2, -0.15) is 4.31 Å². The zero-order valence-corrected chi connectivity index (χ0v) is 16.2. The van der Waals surface area contributed by atoms with E-state index < -0.39 is 10.0 Å². The maximum absolute atomic E-state index is 12.8.